The number of rotatable bonds is 7. The lowest BCUT2D eigenvalue weighted by atomic mass is 10.1. The van der Waals surface area contributed by atoms with Gasteiger partial charge in [-0.3, -0.25) is 9.63 Å². The van der Waals surface area contributed by atoms with Gasteiger partial charge in [-0.2, -0.15) is 0 Å². The Bertz CT molecular complexity index is 741. The molecule has 136 valence electrons. The highest BCUT2D eigenvalue weighted by Gasteiger charge is 2.17. The first kappa shape index (κ1) is 19.6. The van der Waals surface area contributed by atoms with E-state index in [0.29, 0.717) is 33.7 Å². The van der Waals surface area contributed by atoms with Crippen molar-refractivity contribution >= 4 is 29.6 Å². The second-order valence-corrected chi connectivity index (χ2v) is 7.15. The van der Waals surface area contributed by atoms with Crippen LogP contribution in [0.25, 0.3) is 11.3 Å². The van der Waals surface area contributed by atoms with Crippen molar-refractivity contribution in [3.8, 4) is 17.2 Å². The number of carbonyl (C=O) groups is 1. The first-order chi connectivity index (χ1) is 11.7. The highest BCUT2D eigenvalue weighted by atomic mass is 35.5. The van der Waals surface area contributed by atoms with Crippen molar-refractivity contribution in [2.75, 3.05) is 13.2 Å². The smallest absolute Gasteiger partial charge is 0.254 e. The monoisotopic (exact) mass is 386 g/mol. The van der Waals surface area contributed by atoms with Gasteiger partial charge in [0.25, 0.3) is 5.88 Å². The average molecular weight is 387 g/mol. The lowest BCUT2D eigenvalue weighted by molar-refractivity contribution is -0.217. The highest BCUT2D eigenvalue weighted by Crippen LogP contribution is 2.35. The normalized spacial score (nSPS) is 11.4. The second-order valence-electron chi connectivity index (χ2n) is 6.36. The summed E-state index contributed by atoms with van der Waals surface area (Å²) in [5, 5.41) is 6.11. The quantitative estimate of drug-likeness (QED) is 0.516. The predicted octanol–water partition coefficient (Wildman–Crippen LogP) is 4.52. The maximum atomic E-state index is 11.0. The molecule has 1 heterocycles. The molecular formula is C17H20Cl2N2O4. The Kier molecular flexibility index (Phi) is 6.32. The standard InChI is InChI=1S/C17H20Cl2N2O4/c1-11-13(18)6-5-12(16(11)19)14-9-15(20-24-14)23-8-7-21(10-22)25-17(2,3)4/h5-6,9-10H,7-8H2,1-4H3. The Labute approximate surface area is 156 Å². The van der Waals surface area contributed by atoms with Gasteiger partial charge in [0.05, 0.1) is 17.2 Å². The lowest BCUT2D eigenvalue weighted by Gasteiger charge is -2.26. The van der Waals surface area contributed by atoms with Crippen molar-refractivity contribution in [3.63, 3.8) is 0 Å². The number of aromatic nitrogens is 1. The number of halogens is 2. The van der Waals surface area contributed by atoms with E-state index in [1.54, 1.807) is 18.2 Å². The molecule has 0 saturated heterocycles. The first-order valence-electron chi connectivity index (χ1n) is 7.67. The van der Waals surface area contributed by atoms with Crippen LogP contribution in [0.4, 0.5) is 0 Å². The Morgan fingerprint density at radius 3 is 2.68 bits per heavy atom. The molecule has 0 aliphatic rings. The van der Waals surface area contributed by atoms with Crippen molar-refractivity contribution < 1.29 is 18.9 Å². The minimum Gasteiger partial charge on any atom is -0.474 e. The maximum absolute atomic E-state index is 11.0. The zero-order valence-electron chi connectivity index (χ0n) is 14.5. The average Bonchev–Trinajstić information content (AvgIpc) is 2.99. The molecule has 0 saturated carbocycles. The van der Waals surface area contributed by atoms with Crippen LogP contribution >= 0.6 is 23.2 Å². The van der Waals surface area contributed by atoms with E-state index in [0.717, 1.165) is 5.56 Å². The minimum absolute atomic E-state index is 0.203. The number of benzene rings is 1. The first-order valence-corrected chi connectivity index (χ1v) is 8.42. The van der Waals surface area contributed by atoms with Crippen LogP contribution in [0.3, 0.4) is 0 Å². The number of hydrogen-bond donors (Lipinski definition) is 0. The maximum Gasteiger partial charge on any atom is 0.254 e. The summed E-state index contributed by atoms with van der Waals surface area (Å²) in [6, 6.07) is 5.13. The van der Waals surface area contributed by atoms with Crippen LogP contribution in [-0.4, -0.2) is 35.4 Å². The van der Waals surface area contributed by atoms with Crippen LogP contribution in [0.15, 0.2) is 22.7 Å². The predicted molar refractivity (Wildman–Crippen MR) is 95.8 cm³/mol. The molecule has 1 aromatic heterocycles. The van der Waals surface area contributed by atoms with E-state index in [2.05, 4.69) is 5.16 Å². The molecule has 8 heteroatoms. The van der Waals surface area contributed by atoms with Crippen molar-refractivity contribution in [1.82, 2.24) is 10.2 Å². The van der Waals surface area contributed by atoms with Crippen molar-refractivity contribution in [2.45, 2.75) is 33.3 Å². The lowest BCUT2D eigenvalue weighted by Crippen LogP contribution is -2.35. The van der Waals surface area contributed by atoms with Crippen LogP contribution in [0.5, 0.6) is 5.88 Å². The van der Waals surface area contributed by atoms with Gasteiger partial charge < -0.3 is 9.26 Å². The number of hydrogen-bond acceptors (Lipinski definition) is 5. The van der Waals surface area contributed by atoms with Gasteiger partial charge in [-0.1, -0.05) is 23.2 Å². The summed E-state index contributed by atoms with van der Waals surface area (Å²) in [7, 11) is 0. The third-order valence-corrected chi connectivity index (χ3v) is 4.04. The number of nitrogens with zero attached hydrogens (tertiary/aromatic N) is 2. The Hall–Kier alpha value is -1.76. The molecule has 0 spiro atoms. The molecule has 1 aromatic carbocycles. The van der Waals surface area contributed by atoms with Crippen LogP contribution in [-0.2, 0) is 9.63 Å². The van der Waals surface area contributed by atoms with Gasteiger partial charge >= 0.3 is 0 Å². The fourth-order valence-corrected chi connectivity index (χ4v) is 2.48. The molecule has 0 atom stereocenters. The molecule has 0 aliphatic carbocycles. The van der Waals surface area contributed by atoms with E-state index in [1.807, 2.05) is 27.7 Å². The number of hydroxylamine groups is 2. The number of amides is 1. The molecular weight excluding hydrogens is 367 g/mol. The van der Waals surface area contributed by atoms with Gasteiger partial charge in [-0.05, 0) is 50.5 Å². The summed E-state index contributed by atoms with van der Waals surface area (Å²) >= 11 is 12.3. The van der Waals surface area contributed by atoms with Gasteiger partial charge in [-0.15, -0.1) is 0 Å². The third-order valence-electron chi connectivity index (χ3n) is 3.14. The van der Waals surface area contributed by atoms with E-state index in [4.69, 9.17) is 37.3 Å². The van der Waals surface area contributed by atoms with Gasteiger partial charge in [0.2, 0.25) is 6.41 Å². The van der Waals surface area contributed by atoms with Crippen LogP contribution < -0.4 is 4.74 Å². The van der Waals surface area contributed by atoms with E-state index in [1.165, 1.54) is 5.06 Å². The summed E-state index contributed by atoms with van der Waals surface area (Å²) in [4.78, 5) is 16.4. The summed E-state index contributed by atoms with van der Waals surface area (Å²) < 4.78 is 10.8. The molecule has 0 unspecified atom stereocenters. The molecule has 0 bridgehead atoms. The Morgan fingerprint density at radius 2 is 2.04 bits per heavy atom. The van der Waals surface area contributed by atoms with E-state index in [9.17, 15) is 4.79 Å². The number of ether oxygens (including phenoxy) is 1. The SMILES string of the molecule is Cc1c(Cl)ccc(-c2cc(OCCN(C=O)OC(C)(C)C)no2)c1Cl. The van der Waals surface area contributed by atoms with Gasteiger partial charge in [0.15, 0.2) is 5.76 Å². The van der Waals surface area contributed by atoms with Crippen LogP contribution in [0.1, 0.15) is 26.3 Å². The van der Waals surface area contributed by atoms with Gasteiger partial charge in [0, 0.05) is 16.7 Å². The van der Waals surface area contributed by atoms with Gasteiger partial charge in [-0.25, -0.2) is 5.06 Å². The fourth-order valence-electron chi connectivity index (χ4n) is 2.02. The van der Waals surface area contributed by atoms with Crippen molar-refractivity contribution in [3.05, 3.63) is 33.8 Å². The molecule has 25 heavy (non-hydrogen) atoms. The topological polar surface area (TPSA) is 64.8 Å². The van der Waals surface area contributed by atoms with Gasteiger partial charge in [0.1, 0.15) is 6.61 Å². The van der Waals surface area contributed by atoms with E-state index in [-0.39, 0.29) is 13.2 Å². The molecule has 0 N–H and O–H groups in total. The Morgan fingerprint density at radius 1 is 1.32 bits per heavy atom. The zero-order chi connectivity index (χ0) is 18.6. The molecule has 6 nitrogen and oxygen atoms in total. The molecule has 1 amide bonds. The van der Waals surface area contributed by atoms with E-state index < -0.39 is 5.60 Å². The zero-order valence-corrected chi connectivity index (χ0v) is 16.0. The molecule has 2 rings (SSSR count). The minimum atomic E-state index is -0.467. The third kappa shape index (κ3) is 5.36. The Balaban J connectivity index is 1.98. The summed E-state index contributed by atoms with van der Waals surface area (Å²) in [5.74, 6) is 0.762. The molecule has 0 radical (unpaired) electrons. The fraction of sp³-hybridized carbons (Fsp3) is 0.412. The largest absolute Gasteiger partial charge is 0.474 e. The van der Waals surface area contributed by atoms with Crippen LogP contribution in [0, 0.1) is 6.92 Å². The summed E-state index contributed by atoms with van der Waals surface area (Å²) in [6.45, 7) is 7.84. The second kappa shape index (κ2) is 8.08. The summed E-state index contributed by atoms with van der Waals surface area (Å²) in [6.07, 6.45) is 0.610. The molecule has 0 aliphatic heterocycles. The molecule has 2 aromatic rings. The summed E-state index contributed by atoms with van der Waals surface area (Å²) in [5.41, 5.74) is 0.975. The number of carbonyl (C=O) groups excluding carboxylic acids is 1. The van der Waals surface area contributed by atoms with Crippen molar-refractivity contribution in [2.24, 2.45) is 0 Å². The van der Waals surface area contributed by atoms with E-state index >= 15 is 0 Å². The molecule has 0 fully saturated rings. The van der Waals surface area contributed by atoms with Crippen molar-refractivity contribution in [1.29, 1.82) is 0 Å². The van der Waals surface area contributed by atoms with Crippen LogP contribution in [0.2, 0.25) is 10.0 Å². The highest BCUT2D eigenvalue weighted by molar-refractivity contribution is 6.37.